The molecule has 0 radical (unpaired) electrons. The molecule has 0 amide bonds. The maximum absolute atomic E-state index is 6.64. The molecule has 7 heterocycles. The first kappa shape index (κ1) is 34.9. The molecule has 0 atom stereocenters. The Balaban J connectivity index is 1.15. The van der Waals surface area contributed by atoms with Crippen LogP contribution < -0.4 is 9.47 Å². The fourth-order valence-electron chi connectivity index (χ4n) is 8.17. The number of aromatic amines is 2. The number of aromatic nitrogens is 8. The van der Waals surface area contributed by atoms with Crippen molar-refractivity contribution in [2.45, 2.75) is 0 Å². The van der Waals surface area contributed by atoms with Crippen molar-refractivity contribution in [2.75, 3.05) is 78.9 Å². The van der Waals surface area contributed by atoms with Crippen LogP contribution >= 0.6 is 0 Å². The zero-order chi connectivity index (χ0) is 38.4. The van der Waals surface area contributed by atoms with Gasteiger partial charge in [-0.2, -0.15) is 0 Å². The predicted octanol–water partition coefficient (Wildman–Crippen LogP) is 6.29. The molecule has 14 heteroatoms. The molecule has 2 saturated heterocycles. The van der Waals surface area contributed by atoms with E-state index in [2.05, 4.69) is 19.8 Å². The van der Waals surface area contributed by atoms with Gasteiger partial charge in [0.2, 0.25) is 0 Å². The minimum atomic E-state index is 0.458. The highest BCUT2D eigenvalue weighted by Gasteiger charge is 2.29. The van der Waals surface area contributed by atoms with Gasteiger partial charge in [0.1, 0.15) is 47.3 Å². The van der Waals surface area contributed by atoms with Crippen LogP contribution in [0.4, 0.5) is 0 Å². The SMILES string of the molecule is c1ccc2c(c1)-c1nc-2nc2[nH]c(nc3nc(nc4[nH]c(n1)c1ccccc41)-c1c(OCCN4CCOCC4)ccc(OCCN4CCOCC4)c1-3)c1ccccc21. The smallest absolute Gasteiger partial charge is 0.168 e. The molecule has 290 valence electrons. The highest BCUT2D eigenvalue weighted by Crippen LogP contribution is 2.46. The fourth-order valence-corrected chi connectivity index (χ4v) is 8.17. The van der Waals surface area contributed by atoms with Gasteiger partial charge in [0.25, 0.3) is 0 Å². The van der Waals surface area contributed by atoms with Crippen molar-refractivity contribution >= 4 is 44.1 Å². The summed E-state index contributed by atoms with van der Waals surface area (Å²) in [7, 11) is 0. The summed E-state index contributed by atoms with van der Waals surface area (Å²) in [6, 6.07) is 28.1. The molecular formula is C44H40N10O4. The van der Waals surface area contributed by atoms with Crippen LogP contribution in [0, 0.1) is 0 Å². The first-order chi connectivity index (χ1) is 28.7. The van der Waals surface area contributed by atoms with E-state index in [1.165, 1.54) is 0 Å². The third-order valence-corrected chi connectivity index (χ3v) is 11.2. The fraction of sp³-hybridized carbons (Fsp3) is 0.273. The number of hydrogen-bond donors (Lipinski definition) is 2. The Labute approximate surface area is 332 Å². The van der Waals surface area contributed by atoms with Gasteiger partial charge in [-0.1, -0.05) is 72.8 Å². The van der Waals surface area contributed by atoms with E-state index in [1.54, 1.807) is 0 Å². The number of H-pyrrole nitrogens is 2. The topological polar surface area (TPSA) is 152 Å². The maximum Gasteiger partial charge on any atom is 0.168 e. The number of fused-ring (bicyclic) bond motifs is 20. The van der Waals surface area contributed by atoms with Crippen molar-refractivity contribution < 1.29 is 18.9 Å². The summed E-state index contributed by atoms with van der Waals surface area (Å²) in [5.41, 5.74) is 5.74. The molecule has 4 aliphatic heterocycles. The lowest BCUT2D eigenvalue weighted by atomic mass is 10.1. The van der Waals surface area contributed by atoms with E-state index >= 15 is 0 Å². The van der Waals surface area contributed by atoms with Crippen molar-refractivity contribution in [2.24, 2.45) is 0 Å². The van der Waals surface area contributed by atoms with Crippen molar-refractivity contribution in [3.8, 4) is 57.1 Å². The number of nitrogens with one attached hydrogen (secondary N) is 2. The lowest BCUT2D eigenvalue weighted by Gasteiger charge is -2.27. The van der Waals surface area contributed by atoms with Crippen LogP contribution in [0.5, 0.6) is 11.5 Å². The van der Waals surface area contributed by atoms with Crippen LogP contribution in [-0.2, 0) is 9.47 Å². The lowest BCUT2D eigenvalue weighted by molar-refractivity contribution is 0.0320. The summed E-state index contributed by atoms with van der Waals surface area (Å²) < 4.78 is 24.5. The van der Waals surface area contributed by atoms with Gasteiger partial charge in [0.15, 0.2) is 23.3 Å². The van der Waals surface area contributed by atoms with E-state index in [0.29, 0.717) is 70.6 Å². The zero-order valence-corrected chi connectivity index (χ0v) is 31.8. The monoisotopic (exact) mass is 772 g/mol. The summed E-state index contributed by atoms with van der Waals surface area (Å²) in [5.74, 6) is 3.35. The predicted molar refractivity (Wildman–Crippen MR) is 222 cm³/mol. The average Bonchev–Trinajstić information content (AvgIpc) is 4.01. The van der Waals surface area contributed by atoms with E-state index in [0.717, 1.165) is 109 Å². The van der Waals surface area contributed by atoms with Gasteiger partial charge in [-0.05, 0) is 12.1 Å². The van der Waals surface area contributed by atoms with Crippen LogP contribution in [0.2, 0.25) is 0 Å². The van der Waals surface area contributed by atoms with E-state index in [-0.39, 0.29) is 0 Å². The first-order valence-corrected chi connectivity index (χ1v) is 19.9. The third kappa shape index (κ3) is 6.40. The second-order valence-corrected chi connectivity index (χ2v) is 14.7. The molecule has 0 unspecified atom stereocenters. The van der Waals surface area contributed by atoms with Crippen molar-refractivity contribution in [3.05, 3.63) is 84.9 Å². The van der Waals surface area contributed by atoms with Crippen LogP contribution in [0.1, 0.15) is 0 Å². The average molecular weight is 773 g/mol. The summed E-state index contributed by atoms with van der Waals surface area (Å²) in [5, 5.41) is 3.61. The Morgan fingerprint density at radius 2 is 0.810 bits per heavy atom. The Bertz CT molecular complexity index is 2670. The molecule has 11 rings (SSSR count). The molecule has 3 aromatic heterocycles. The molecular weight excluding hydrogens is 733 g/mol. The van der Waals surface area contributed by atoms with E-state index in [1.807, 2.05) is 84.9 Å². The quantitative estimate of drug-likeness (QED) is 0.179. The van der Waals surface area contributed by atoms with Crippen LogP contribution in [0.25, 0.3) is 89.7 Å². The maximum atomic E-state index is 6.64. The molecule has 0 spiro atoms. The summed E-state index contributed by atoms with van der Waals surface area (Å²) >= 11 is 0. The van der Waals surface area contributed by atoms with Gasteiger partial charge in [0, 0.05) is 71.9 Å². The molecule has 4 aliphatic rings. The van der Waals surface area contributed by atoms with E-state index in [9.17, 15) is 0 Å². The van der Waals surface area contributed by atoms with Gasteiger partial charge in [0.05, 0.1) is 37.6 Å². The third-order valence-electron chi connectivity index (χ3n) is 11.2. The van der Waals surface area contributed by atoms with E-state index < -0.39 is 0 Å². The van der Waals surface area contributed by atoms with Crippen LogP contribution in [0.3, 0.4) is 0 Å². The molecule has 8 bridgehead atoms. The molecule has 4 aromatic carbocycles. The Hall–Kier alpha value is -6.32. The number of nitrogens with zero attached hydrogens (tertiary/aromatic N) is 8. The number of rotatable bonds is 8. The summed E-state index contributed by atoms with van der Waals surface area (Å²) in [6.07, 6.45) is 0. The highest BCUT2D eigenvalue weighted by atomic mass is 16.5. The van der Waals surface area contributed by atoms with Crippen molar-refractivity contribution in [1.82, 2.24) is 49.7 Å². The number of hydrogen-bond acceptors (Lipinski definition) is 12. The van der Waals surface area contributed by atoms with Gasteiger partial charge >= 0.3 is 0 Å². The summed E-state index contributed by atoms with van der Waals surface area (Å²) in [4.78, 5) is 42.8. The largest absolute Gasteiger partial charge is 0.491 e. The Morgan fingerprint density at radius 1 is 0.448 bits per heavy atom. The van der Waals surface area contributed by atoms with Gasteiger partial charge in [-0.15, -0.1) is 0 Å². The van der Waals surface area contributed by atoms with Gasteiger partial charge in [-0.3, -0.25) is 9.80 Å². The van der Waals surface area contributed by atoms with Gasteiger partial charge < -0.3 is 28.9 Å². The molecule has 58 heavy (non-hydrogen) atoms. The molecule has 0 saturated carbocycles. The van der Waals surface area contributed by atoms with Crippen LogP contribution in [-0.4, -0.2) is 129 Å². The highest BCUT2D eigenvalue weighted by molar-refractivity contribution is 6.06. The van der Waals surface area contributed by atoms with Crippen molar-refractivity contribution in [1.29, 1.82) is 0 Å². The zero-order valence-electron chi connectivity index (χ0n) is 31.8. The molecule has 7 aromatic rings. The Kier molecular flexibility index (Phi) is 8.95. The second kappa shape index (κ2) is 14.9. The van der Waals surface area contributed by atoms with Gasteiger partial charge in [-0.25, -0.2) is 29.9 Å². The number of benzene rings is 4. The number of ether oxygens (including phenoxy) is 4. The normalized spacial score (nSPS) is 15.7. The Morgan fingerprint density at radius 3 is 1.22 bits per heavy atom. The second-order valence-electron chi connectivity index (χ2n) is 14.7. The summed E-state index contributed by atoms with van der Waals surface area (Å²) in [6.45, 7) is 8.87. The minimum absolute atomic E-state index is 0.458. The standard InChI is InChI=1S/C44H40N10O4/c1-2-8-28-27(7-1)37-45-38(28)47-40-30-10-4-6-12-32(30)42(49-40)51-44-36-34(58-26-20-54-17-23-56-24-18-54)14-13-33(57-25-19-53-15-21-55-22-16-53)35(36)43(52-44)50-41-31-11-5-3-9-29(31)39(46-37)48-41/h1-14H,15-26H2,(H2,45,46,47,48,49,50,51,52). The lowest BCUT2D eigenvalue weighted by Crippen LogP contribution is -2.38. The molecule has 2 N–H and O–H groups in total. The van der Waals surface area contributed by atoms with Crippen LogP contribution in [0.15, 0.2) is 84.9 Å². The van der Waals surface area contributed by atoms with E-state index in [4.69, 9.17) is 48.9 Å². The molecule has 2 fully saturated rings. The first-order valence-electron chi connectivity index (χ1n) is 19.9. The minimum Gasteiger partial charge on any atom is -0.491 e. The van der Waals surface area contributed by atoms with Crippen molar-refractivity contribution in [3.63, 3.8) is 0 Å². The molecule has 0 aliphatic carbocycles. The molecule has 14 nitrogen and oxygen atoms in total. The number of morpholine rings is 2.